The first-order chi connectivity index (χ1) is 17.6. The van der Waals surface area contributed by atoms with Gasteiger partial charge in [-0.25, -0.2) is 4.79 Å². The summed E-state index contributed by atoms with van der Waals surface area (Å²) in [4.78, 5) is 52.0. The number of carbonyl (C=O) groups excluding carboxylic acids is 3. The van der Waals surface area contributed by atoms with E-state index in [0.717, 1.165) is 16.0 Å². The molecule has 2 heterocycles. The number of hydrogen-bond donors (Lipinski definition) is 0. The first kappa shape index (κ1) is 24.0. The van der Waals surface area contributed by atoms with E-state index in [-0.39, 0.29) is 56.5 Å². The van der Waals surface area contributed by atoms with Gasteiger partial charge < -0.3 is 13.9 Å². The molecule has 0 atom stereocenters. The maximum Gasteiger partial charge on any atom is 0.343 e. The van der Waals surface area contributed by atoms with Crippen molar-refractivity contribution in [2.45, 2.75) is 33.7 Å². The van der Waals surface area contributed by atoms with Crippen LogP contribution in [0.2, 0.25) is 0 Å². The average molecular weight is 498 g/mol. The number of benzene rings is 3. The lowest BCUT2D eigenvalue weighted by atomic mass is 10.1. The number of ether oxygens (including phenoxy) is 2. The van der Waals surface area contributed by atoms with Crippen LogP contribution >= 0.6 is 0 Å². The van der Waals surface area contributed by atoms with Crippen LogP contribution in [0.3, 0.4) is 0 Å². The van der Waals surface area contributed by atoms with Crippen molar-refractivity contribution in [2.75, 3.05) is 0 Å². The minimum absolute atomic E-state index is 0.0405. The summed E-state index contributed by atoms with van der Waals surface area (Å²) in [5.74, 6) is -0.809. The molecule has 4 aromatic rings. The number of amides is 2. The Labute approximate surface area is 212 Å². The summed E-state index contributed by atoms with van der Waals surface area (Å²) in [6.07, 6.45) is 1.22. The number of aryl methyl sites for hydroxylation is 2. The third kappa shape index (κ3) is 4.27. The van der Waals surface area contributed by atoms with Gasteiger partial charge in [0.15, 0.2) is 0 Å². The lowest BCUT2D eigenvalue weighted by molar-refractivity contribution is 0.0608. The largest absolute Gasteiger partial charge is 0.460 e. The monoisotopic (exact) mass is 497 g/mol. The van der Waals surface area contributed by atoms with Crippen LogP contribution in [0.1, 0.15) is 56.0 Å². The van der Waals surface area contributed by atoms with Crippen LogP contribution < -0.4 is 14.9 Å². The van der Waals surface area contributed by atoms with Gasteiger partial charge in [0.05, 0.1) is 22.1 Å². The van der Waals surface area contributed by atoms with Gasteiger partial charge in [0, 0.05) is 12.1 Å². The van der Waals surface area contributed by atoms with E-state index in [1.807, 2.05) is 32.0 Å². The number of imide groups is 1. The van der Waals surface area contributed by atoms with E-state index >= 15 is 0 Å². The van der Waals surface area contributed by atoms with Crippen LogP contribution in [-0.2, 0) is 0 Å². The molecule has 0 bridgehead atoms. The Morgan fingerprint density at radius 1 is 0.865 bits per heavy atom. The topological polar surface area (TPSA) is 103 Å². The Morgan fingerprint density at radius 2 is 1.62 bits per heavy atom. The van der Waals surface area contributed by atoms with E-state index in [4.69, 9.17) is 13.9 Å². The molecule has 0 saturated carbocycles. The summed E-state index contributed by atoms with van der Waals surface area (Å²) in [6.45, 7) is 7.30. The maximum absolute atomic E-state index is 13.0. The first-order valence-electron chi connectivity index (χ1n) is 11.7. The molecule has 2 amide bonds. The highest BCUT2D eigenvalue weighted by molar-refractivity contribution is 6.22. The van der Waals surface area contributed by atoms with Gasteiger partial charge in [-0.2, -0.15) is 0 Å². The van der Waals surface area contributed by atoms with Crippen molar-refractivity contribution in [3.63, 3.8) is 0 Å². The fraction of sp³-hybridized carbons (Fsp3) is 0.172. The van der Waals surface area contributed by atoms with Gasteiger partial charge in [0.2, 0.25) is 11.2 Å². The summed E-state index contributed by atoms with van der Waals surface area (Å²) in [5.41, 5.74) is 2.25. The zero-order valence-electron chi connectivity index (χ0n) is 20.7. The molecule has 1 aliphatic heterocycles. The molecule has 186 valence electrons. The molecule has 8 heteroatoms. The Hall–Kier alpha value is -4.72. The van der Waals surface area contributed by atoms with Crippen molar-refractivity contribution < 1.29 is 28.3 Å². The van der Waals surface area contributed by atoms with Crippen LogP contribution in [0.5, 0.6) is 17.2 Å². The van der Waals surface area contributed by atoms with E-state index < -0.39 is 11.9 Å². The van der Waals surface area contributed by atoms with Crippen LogP contribution in [0, 0.1) is 13.8 Å². The predicted octanol–water partition coefficient (Wildman–Crippen LogP) is 5.43. The molecule has 0 aliphatic carbocycles. The molecule has 0 unspecified atom stereocenters. The Morgan fingerprint density at radius 3 is 2.38 bits per heavy atom. The number of carbonyl (C=O) groups is 3. The summed E-state index contributed by atoms with van der Waals surface area (Å²) < 4.78 is 16.9. The fourth-order valence-corrected chi connectivity index (χ4v) is 4.18. The molecule has 37 heavy (non-hydrogen) atoms. The average Bonchev–Trinajstić information content (AvgIpc) is 3.12. The van der Waals surface area contributed by atoms with Gasteiger partial charge in [-0.05, 0) is 75.2 Å². The quantitative estimate of drug-likeness (QED) is 0.206. The molecule has 0 saturated heterocycles. The molecule has 1 aliphatic rings. The lowest BCUT2D eigenvalue weighted by Crippen LogP contribution is -2.35. The van der Waals surface area contributed by atoms with Gasteiger partial charge in [-0.15, -0.1) is 0 Å². The van der Waals surface area contributed by atoms with Crippen molar-refractivity contribution in [3.8, 4) is 17.2 Å². The van der Waals surface area contributed by atoms with Gasteiger partial charge in [0.1, 0.15) is 23.3 Å². The Kier molecular flexibility index (Phi) is 5.87. The molecule has 0 radical (unpaired) electrons. The third-order valence-corrected chi connectivity index (χ3v) is 6.16. The van der Waals surface area contributed by atoms with E-state index in [2.05, 4.69) is 0 Å². The van der Waals surface area contributed by atoms with Crippen LogP contribution in [0.25, 0.3) is 11.0 Å². The number of nitrogens with zero attached hydrogens (tertiary/aromatic N) is 1. The summed E-state index contributed by atoms with van der Waals surface area (Å²) >= 11 is 0. The minimum atomic E-state index is -0.720. The van der Waals surface area contributed by atoms with Gasteiger partial charge >= 0.3 is 5.97 Å². The zero-order valence-corrected chi connectivity index (χ0v) is 20.7. The molecule has 8 nitrogen and oxygen atoms in total. The SMILES string of the molecule is Cc1ccc(C)c(Oc2coc3cc(OC(=O)c4ccc5c(c4)C(=O)N(C(C)C)C5=O)ccc3c2=O)c1. The first-order valence-corrected chi connectivity index (χ1v) is 11.7. The van der Waals surface area contributed by atoms with Crippen LogP contribution in [0.4, 0.5) is 0 Å². The molecule has 0 N–H and O–H groups in total. The predicted molar refractivity (Wildman–Crippen MR) is 136 cm³/mol. The highest BCUT2D eigenvalue weighted by Gasteiger charge is 2.37. The van der Waals surface area contributed by atoms with Crippen molar-refractivity contribution >= 4 is 28.8 Å². The maximum atomic E-state index is 13.0. The Balaban J connectivity index is 1.38. The number of hydrogen-bond acceptors (Lipinski definition) is 7. The minimum Gasteiger partial charge on any atom is -0.460 e. The highest BCUT2D eigenvalue weighted by Crippen LogP contribution is 2.28. The number of rotatable bonds is 5. The zero-order chi connectivity index (χ0) is 26.4. The van der Waals surface area contributed by atoms with Crippen molar-refractivity contribution in [1.82, 2.24) is 4.90 Å². The van der Waals surface area contributed by atoms with Gasteiger partial charge in [-0.3, -0.25) is 19.3 Å². The van der Waals surface area contributed by atoms with E-state index in [1.54, 1.807) is 13.8 Å². The standard InChI is InChI=1S/C29H23NO7/c1-15(2)30-27(32)20-9-7-18(12-22(20)28(30)33)29(34)36-19-8-10-21-24(13-19)35-14-25(26(21)31)37-23-11-16(3)5-6-17(23)4/h5-15H,1-4H3. The summed E-state index contributed by atoms with van der Waals surface area (Å²) in [6, 6.07) is 14.0. The molecule has 5 rings (SSSR count). The molecule has 3 aromatic carbocycles. The third-order valence-electron chi connectivity index (χ3n) is 6.16. The Bertz CT molecular complexity index is 1670. The summed E-state index contributed by atoms with van der Waals surface area (Å²) in [5, 5.41) is 0.262. The molecule has 0 fully saturated rings. The molecular weight excluding hydrogens is 474 g/mol. The van der Waals surface area contributed by atoms with Crippen molar-refractivity contribution in [3.05, 3.63) is 98.9 Å². The fourth-order valence-electron chi connectivity index (χ4n) is 4.18. The lowest BCUT2D eigenvalue weighted by Gasteiger charge is -2.17. The van der Waals surface area contributed by atoms with Crippen LogP contribution in [0.15, 0.2) is 70.1 Å². The molecular formula is C29H23NO7. The second-order valence-corrected chi connectivity index (χ2v) is 9.18. The second-order valence-electron chi connectivity index (χ2n) is 9.18. The van der Waals surface area contributed by atoms with Gasteiger partial charge in [-0.1, -0.05) is 12.1 Å². The van der Waals surface area contributed by atoms with E-state index in [0.29, 0.717) is 5.75 Å². The summed E-state index contributed by atoms with van der Waals surface area (Å²) in [7, 11) is 0. The van der Waals surface area contributed by atoms with Crippen molar-refractivity contribution in [2.24, 2.45) is 0 Å². The van der Waals surface area contributed by atoms with E-state index in [1.165, 1.54) is 42.7 Å². The number of esters is 1. The second kappa shape index (κ2) is 9.05. The molecule has 1 aromatic heterocycles. The highest BCUT2D eigenvalue weighted by atomic mass is 16.5. The van der Waals surface area contributed by atoms with E-state index in [9.17, 15) is 19.2 Å². The van der Waals surface area contributed by atoms with Crippen LogP contribution in [-0.4, -0.2) is 28.7 Å². The molecule has 0 spiro atoms. The number of fused-ring (bicyclic) bond motifs is 2. The van der Waals surface area contributed by atoms with Crippen molar-refractivity contribution in [1.29, 1.82) is 0 Å². The van der Waals surface area contributed by atoms with Gasteiger partial charge in [0.25, 0.3) is 11.8 Å². The smallest absolute Gasteiger partial charge is 0.343 e. The normalized spacial score (nSPS) is 12.8.